The fraction of sp³-hybridized carbons (Fsp3) is 0.600. The predicted molar refractivity (Wildman–Crippen MR) is 78.4 cm³/mol. The number of hydrogen-bond acceptors (Lipinski definition) is 1. The number of unbranched alkanes of at least 4 members (excludes halogenated alkanes) is 3. The minimum Gasteiger partial charge on any atom is -0.508 e. The van der Waals surface area contributed by atoms with Crippen molar-refractivity contribution in [2.45, 2.75) is 57.8 Å². The minimum absolute atomic E-state index is 0.365. The Morgan fingerprint density at radius 1 is 0.882 bits per heavy atom. The van der Waals surface area contributed by atoms with Crippen LogP contribution in [0.1, 0.15) is 31.2 Å². The molecule has 0 unspecified atom stereocenters. The van der Waals surface area contributed by atoms with Crippen molar-refractivity contribution < 1.29 is 5.11 Å². The summed E-state index contributed by atoms with van der Waals surface area (Å²) in [6.45, 7) is 7.34. The Labute approximate surface area is 107 Å². The maximum Gasteiger partial charge on any atom is 0.115 e. The molecule has 0 radical (unpaired) electrons. The molecule has 1 aromatic carbocycles. The standard InChI is InChI=1S/C15H26OSi/c1-17(2,3)13-7-5-4-6-8-14-9-11-15(16)12-10-14/h9-12,16H,4-8,13H2,1-3H3. The molecule has 1 aromatic rings. The lowest BCUT2D eigenvalue weighted by Crippen LogP contribution is -2.18. The number of hydrogen-bond donors (Lipinski definition) is 1. The summed E-state index contributed by atoms with van der Waals surface area (Å²) in [6.07, 6.45) is 6.54. The highest BCUT2D eigenvalue weighted by Gasteiger charge is 2.11. The van der Waals surface area contributed by atoms with Gasteiger partial charge in [-0.15, -0.1) is 0 Å². The summed E-state index contributed by atoms with van der Waals surface area (Å²) < 4.78 is 0. The van der Waals surface area contributed by atoms with Gasteiger partial charge < -0.3 is 5.11 Å². The van der Waals surface area contributed by atoms with Crippen LogP contribution < -0.4 is 0 Å². The molecular weight excluding hydrogens is 224 g/mol. The van der Waals surface area contributed by atoms with Gasteiger partial charge in [-0.1, -0.05) is 57.1 Å². The van der Waals surface area contributed by atoms with Crippen molar-refractivity contribution >= 4 is 8.07 Å². The lowest BCUT2D eigenvalue weighted by molar-refractivity contribution is 0.475. The zero-order valence-electron chi connectivity index (χ0n) is 11.5. The lowest BCUT2D eigenvalue weighted by Gasteiger charge is -2.14. The topological polar surface area (TPSA) is 20.2 Å². The second-order valence-corrected chi connectivity index (χ2v) is 11.8. The molecule has 0 aliphatic heterocycles. The van der Waals surface area contributed by atoms with Gasteiger partial charge in [0.2, 0.25) is 0 Å². The fourth-order valence-corrected chi connectivity index (χ4v) is 3.31. The van der Waals surface area contributed by atoms with Crippen LogP contribution in [0.15, 0.2) is 24.3 Å². The summed E-state index contributed by atoms with van der Waals surface area (Å²) in [6, 6.07) is 9.07. The van der Waals surface area contributed by atoms with E-state index in [0.717, 1.165) is 6.42 Å². The van der Waals surface area contributed by atoms with Gasteiger partial charge in [-0.25, -0.2) is 0 Å². The Bertz CT molecular complexity index is 311. The summed E-state index contributed by atoms with van der Waals surface area (Å²) in [5, 5.41) is 9.18. The van der Waals surface area contributed by atoms with E-state index < -0.39 is 8.07 Å². The van der Waals surface area contributed by atoms with Crippen molar-refractivity contribution in [2.75, 3.05) is 0 Å². The normalized spacial score (nSPS) is 11.7. The Hall–Kier alpha value is -0.763. The smallest absolute Gasteiger partial charge is 0.115 e. The SMILES string of the molecule is C[Si](C)(C)CCCCCCc1ccc(O)cc1. The van der Waals surface area contributed by atoms with E-state index >= 15 is 0 Å². The molecule has 2 heteroatoms. The van der Waals surface area contributed by atoms with E-state index in [0.29, 0.717) is 5.75 Å². The first-order valence-electron chi connectivity index (χ1n) is 6.75. The molecule has 1 rings (SSSR count). The molecule has 1 nitrogen and oxygen atoms in total. The summed E-state index contributed by atoms with van der Waals surface area (Å²) in [5.74, 6) is 0.365. The average Bonchev–Trinajstić information content (AvgIpc) is 2.24. The molecule has 96 valence electrons. The van der Waals surface area contributed by atoms with Crippen LogP contribution in [0, 0.1) is 0 Å². The second-order valence-electron chi connectivity index (χ2n) is 6.14. The second kappa shape index (κ2) is 6.85. The van der Waals surface area contributed by atoms with E-state index in [9.17, 15) is 5.11 Å². The molecule has 0 bridgehead atoms. The molecule has 0 aliphatic rings. The molecule has 0 saturated heterocycles. The van der Waals surface area contributed by atoms with Gasteiger partial charge in [-0.05, 0) is 30.5 Å². The van der Waals surface area contributed by atoms with Crippen molar-refractivity contribution in [2.24, 2.45) is 0 Å². The van der Waals surface area contributed by atoms with E-state index in [4.69, 9.17) is 0 Å². The number of aryl methyl sites for hydroxylation is 1. The van der Waals surface area contributed by atoms with Crippen LogP contribution in [-0.4, -0.2) is 13.2 Å². The van der Waals surface area contributed by atoms with Crippen molar-refractivity contribution in [3.05, 3.63) is 29.8 Å². The monoisotopic (exact) mass is 250 g/mol. The van der Waals surface area contributed by atoms with Gasteiger partial charge in [-0.2, -0.15) is 0 Å². The fourth-order valence-electron chi connectivity index (χ4n) is 2.00. The minimum atomic E-state index is -0.815. The van der Waals surface area contributed by atoms with Gasteiger partial charge >= 0.3 is 0 Å². The first kappa shape index (κ1) is 14.3. The number of aromatic hydroxyl groups is 1. The number of phenols is 1. The van der Waals surface area contributed by atoms with Crippen LogP contribution in [0.3, 0.4) is 0 Å². The van der Waals surface area contributed by atoms with E-state index in [1.807, 2.05) is 12.1 Å². The number of rotatable bonds is 7. The van der Waals surface area contributed by atoms with Crippen LogP contribution >= 0.6 is 0 Å². The Kier molecular flexibility index (Phi) is 5.76. The summed E-state index contributed by atoms with van der Waals surface area (Å²) in [4.78, 5) is 0. The molecule has 0 spiro atoms. The molecule has 0 heterocycles. The highest BCUT2D eigenvalue weighted by Crippen LogP contribution is 2.16. The Balaban J connectivity index is 2.07. The van der Waals surface area contributed by atoms with Crippen molar-refractivity contribution in [3.8, 4) is 5.75 Å². The highest BCUT2D eigenvalue weighted by atomic mass is 28.3. The van der Waals surface area contributed by atoms with Crippen LogP contribution in [0.4, 0.5) is 0 Å². The van der Waals surface area contributed by atoms with Gasteiger partial charge in [-0.3, -0.25) is 0 Å². The lowest BCUT2D eigenvalue weighted by atomic mass is 10.1. The van der Waals surface area contributed by atoms with E-state index in [1.54, 1.807) is 12.1 Å². The predicted octanol–water partition coefficient (Wildman–Crippen LogP) is 4.83. The zero-order valence-corrected chi connectivity index (χ0v) is 12.5. The maximum absolute atomic E-state index is 9.18. The van der Waals surface area contributed by atoms with Crippen LogP contribution in [0.25, 0.3) is 0 Å². The average molecular weight is 250 g/mol. The molecule has 0 amide bonds. The molecular formula is C15H26OSi. The third kappa shape index (κ3) is 7.21. The van der Waals surface area contributed by atoms with Crippen LogP contribution in [-0.2, 0) is 6.42 Å². The van der Waals surface area contributed by atoms with Crippen molar-refractivity contribution in [3.63, 3.8) is 0 Å². The first-order chi connectivity index (χ1) is 7.97. The van der Waals surface area contributed by atoms with Crippen molar-refractivity contribution in [1.29, 1.82) is 0 Å². The van der Waals surface area contributed by atoms with Gasteiger partial charge in [0.25, 0.3) is 0 Å². The summed E-state index contributed by atoms with van der Waals surface area (Å²) in [5.41, 5.74) is 1.34. The van der Waals surface area contributed by atoms with Crippen LogP contribution in [0.2, 0.25) is 25.7 Å². The Morgan fingerprint density at radius 3 is 2.06 bits per heavy atom. The quantitative estimate of drug-likeness (QED) is 0.542. The van der Waals surface area contributed by atoms with Crippen molar-refractivity contribution in [1.82, 2.24) is 0 Å². The Morgan fingerprint density at radius 2 is 1.47 bits per heavy atom. The van der Waals surface area contributed by atoms with E-state index in [2.05, 4.69) is 19.6 Å². The molecule has 0 atom stereocenters. The molecule has 17 heavy (non-hydrogen) atoms. The maximum atomic E-state index is 9.18. The first-order valence-corrected chi connectivity index (χ1v) is 10.5. The molecule has 1 N–H and O–H groups in total. The van der Waals surface area contributed by atoms with Crippen LogP contribution in [0.5, 0.6) is 5.75 Å². The molecule has 0 saturated carbocycles. The van der Waals surface area contributed by atoms with Gasteiger partial charge in [0.05, 0.1) is 0 Å². The summed E-state index contributed by atoms with van der Waals surface area (Å²) >= 11 is 0. The van der Waals surface area contributed by atoms with Gasteiger partial charge in [0.1, 0.15) is 5.75 Å². The van der Waals surface area contributed by atoms with Gasteiger partial charge in [0, 0.05) is 8.07 Å². The number of phenolic OH excluding ortho intramolecular Hbond substituents is 1. The third-order valence-electron chi connectivity index (χ3n) is 3.08. The summed E-state index contributed by atoms with van der Waals surface area (Å²) in [7, 11) is -0.815. The highest BCUT2D eigenvalue weighted by molar-refractivity contribution is 6.76. The zero-order chi connectivity index (χ0) is 12.7. The largest absolute Gasteiger partial charge is 0.508 e. The van der Waals surface area contributed by atoms with Gasteiger partial charge in [0.15, 0.2) is 0 Å². The third-order valence-corrected chi connectivity index (χ3v) is 4.93. The molecule has 0 fully saturated rings. The molecule has 0 aliphatic carbocycles. The molecule has 0 aromatic heterocycles. The van der Waals surface area contributed by atoms with E-state index in [1.165, 1.54) is 37.3 Å². The van der Waals surface area contributed by atoms with E-state index in [-0.39, 0.29) is 0 Å². The number of benzene rings is 1.